The first-order valence-corrected chi connectivity index (χ1v) is 13.4. The summed E-state index contributed by atoms with van der Waals surface area (Å²) in [5.41, 5.74) is 2.17. The number of carbonyl (C=O) groups is 3. The number of nitrogens with zero attached hydrogens (tertiary/aromatic N) is 3. The third-order valence-corrected chi connectivity index (χ3v) is 6.84. The average Bonchev–Trinajstić information content (AvgIpc) is 2.96. The Morgan fingerprint density at radius 3 is 1.69 bits per heavy atom. The molecule has 4 rings (SSSR count). The van der Waals surface area contributed by atoms with Crippen molar-refractivity contribution < 1.29 is 34.4 Å². The first kappa shape index (κ1) is 30.2. The largest absolute Gasteiger partial charge is 0.473 e. The highest BCUT2D eigenvalue weighted by Crippen LogP contribution is 2.26. The SMILES string of the molecule is O=C(CN1CCN(CC(O)COC(c2ccccc2)c2ccccc2)CC1)N1CCCCC1.O=C(O)C(=O)O. The van der Waals surface area contributed by atoms with E-state index in [0.717, 1.165) is 63.2 Å². The van der Waals surface area contributed by atoms with Crippen molar-refractivity contribution in [3.63, 3.8) is 0 Å². The van der Waals surface area contributed by atoms with E-state index in [1.54, 1.807) is 0 Å². The van der Waals surface area contributed by atoms with Gasteiger partial charge in [0.05, 0.1) is 19.3 Å². The van der Waals surface area contributed by atoms with Crippen LogP contribution < -0.4 is 0 Å². The van der Waals surface area contributed by atoms with Crippen LogP contribution in [0.1, 0.15) is 36.5 Å². The van der Waals surface area contributed by atoms with Crippen LogP contribution >= 0.6 is 0 Å². The number of β-amino-alcohol motifs (C(OH)–C–C–N with tert-alkyl or cyclic N) is 1. The van der Waals surface area contributed by atoms with Gasteiger partial charge in [-0.05, 0) is 30.4 Å². The molecule has 3 N–H and O–H groups in total. The minimum Gasteiger partial charge on any atom is -0.473 e. The second-order valence-electron chi connectivity index (χ2n) is 9.82. The number of hydrogen-bond acceptors (Lipinski definition) is 7. The molecule has 2 saturated heterocycles. The van der Waals surface area contributed by atoms with Crippen molar-refractivity contribution in [2.75, 3.05) is 59.0 Å². The van der Waals surface area contributed by atoms with Crippen LogP contribution in [-0.2, 0) is 19.1 Å². The number of piperidine rings is 1. The van der Waals surface area contributed by atoms with Crippen LogP contribution in [0.3, 0.4) is 0 Å². The molecule has 0 radical (unpaired) electrons. The second kappa shape index (κ2) is 15.9. The molecule has 1 atom stereocenters. The first-order chi connectivity index (χ1) is 18.8. The topological polar surface area (TPSA) is 131 Å². The van der Waals surface area contributed by atoms with Gasteiger partial charge < -0.3 is 25.0 Å². The zero-order valence-electron chi connectivity index (χ0n) is 22.2. The number of aliphatic carboxylic acids is 2. The summed E-state index contributed by atoms with van der Waals surface area (Å²) in [4.78, 5) is 37.3. The summed E-state index contributed by atoms with van der Waals surface area (Å²) in [6.07, 6.45) is 2.76. The Labute approximate surface area is 229 Å². The Bertz CT molecular complexity index is 972. The molecule has 0 aliphatic carbocycles. The summed E-state index contributed by atoms with van der Waals surface area (Å²) in [6, 6.07) is 20.3. The Kier molecular flexibility index (Phi) is 12.4. The molecular weight excluding hydrogens is 502 g/mol. The van der Waals surface area contributed by atoms with Crippen molar-refractivity contribution in [3.8, 4) is 0 Å². The Morgan fingerprint density at radius 2 is 1.21 bits per heavy atom. The van der Waals surface area contributed by atoms with Crippen LogP contribution in [0.5, 0.6) is 0 Å². The lowest BCUT2D eigenvalue weighted by molar-refractivity contribution is -0.159. The van der Waals surface area contributed by atoms with Crippen LogP contribution in [0.2, 0.25) is 0 Å². The third kappa shape index (κ3) is 10.4. The van der Waals surface area contributed by atoms with Gasteiger partial charge in [-0.15, -0.1) is 0 Å². The number of rotatable bonds is 9. The maximum absolute atomic E-state index is 12.5. The molecule has 39 heavy (non-hydrogen) atoms. The first-order valence-electron chi connectivity index (χ1n) is 13.4. The molecule has 0 bridgehead atoms. The molecule has 2 heterocycles. The maximum atomic E-state index is 12.5. The molecule has 212 valence electrons. The zero-order chi connectivity index (χ0) is 28.0. The summed E-state index contributed by atoms with van der Waals surface area (Å²) in [5.74, 6) is -3.38. The highest BCUT2D eigenvalue weighted by Gasteiger charge is 2.24. The number of carbonyl (C=O) groups excluding carboxylic acids is 1. The Hall–Kier alpha value is -3.31. The normalized spacial score (nSPS) is 17.2. The molecule has 1 unspecified atom stereocenters. The number of amides is 1. The predicted octanol–water partition coefficient (Wildman–Crippen LogP) is 1.94. The van der Waals surface area contributed by atoms with Crippen molar-refractivity contribution in [1.29, 1.82) is 0 Å². The number of carboxylic acid groups (broad SMARTS) is 2. The number of ether oxygens (including phenoxy) is 1. The predicted molar refractivity (Wildman–Crippen MR) is 145 cm³/mol. The summed E-state index contributed by atoms with van der Waals surface area (Å²) in [5, 5.41) is 25.5. The fraction of sp³-hybridized carbons (Fsp3) is 0.483. The van der Waals surface area contributed by atoms with E-state index < -0.39 is 18.0 Å². The van der Waals surface area contributed by atoms with Crippen LogP contribution in [-0.4, -0.2) is 113 Å². The van der Waals surface area contributed by atoms with Crippen molar-refractivity contribution >= 4 is 17.8 Å². The molecule has 0 aromatic heterocycles. The van der Waals surface area contributed by atoms with Gasteiger partial charge in [-0.1, -0.05) is 60.7 Å². The van der Waals surface area contributed by atoms with Gasteiger partial charge in [0.25, 0.3) is 0 Å². The van der Waals surface area contributed by atoms with E-state index in [-0.39, 0.29) is 18.6 Å². The maximum Gasteiger partial charge on any atom is 0.414 e. The second-order valence-corrected chi connectivity index (χ2v) is 9.82. The van der Waals surface area contributed by atoms with E-state index >= 15 is 0 Å². The molecule has 2 aromatic rings. The standard InChI is InChI=1S/C27H37N3O3.C2H2O4/c31-25(22-33-27(23-10-4-1-5-11-23)24-12-6-2-7-13-24)20-28-16-18-29(19-17-28)21-26(32)30-14-8-3-9-15-30;3-1(4)2(5)6/h1-2,4-7,10-13,25,27,31H,3,8-9,14-22H2;(H,3,4)(H,5,6). The van der Waals surface area contributed by atoms with Gasteiger partial charge in [0, 0.05) is 45.8 Å². The van der Waals surface area contributed by atoms with Crippen LogP contribution in [0.4, 0.5) is 0 Å². The lowest BCUT2D eigenvalue weighted by Crippen LogP contribution is -2.52. The van der Waals surface area contributed by atoms with E-state index in [1.165, 1.54) is 6.42 Å². The lowest BCUT2D eigenvalue weighted by atomic mass is 10.0. The van der Waals surface area contributed by atoms with E-state index in [4.69, 9.17) is 24.5 Å². The molecular formula is C29H39N3O7. The average molecular weight is 542 g/mol. The number of carboxylic acids is 2. The van der Waals surface area contributed by atoms with E-state index in [0.29, 0.717) is 13.1 Å². The highest BCUT2D eigenvalue weighted by molar-refractivity contribution is 6.27. The summed E-state index contributed by atoms with van der Waals surface area (Å²) in [7, 11) is 0. The number of aliphatic hydroxyl groups is 1. The van der Waals surface area contributed by atoms with Crippen molar-refractivity contribution in [1.82, 2.24) is 14.7 Å². The highest BCUT2D eigenvalue weighted by atomic mass is 16.5. The summed E-state index contributed by atoms with van der Waals surface area (Å²) in [6.45, 7) is 6.68. The fourth-order valence-corrected chi connectivity index (χ4v) is 4.76. The van der Waals surface area contributed by atoms with Crippen molar-refractivity contribution in [2.24, 2.45) is 0 Å². The van der Waals surface area contributed by atoms with Crippen LogP contribution in [0.25, 0.3) is 0 Å². The minimum atomic E-state index is -1.82. The van der Waals surface area contributed by atoms with E-state index in [2.05, 4.69) is 34.1 Å². The zero-order valence-corrected chi connectivity index (χ0v) is 22.2. The molecule has 10 heteroatoms. The number of likely N-dealkylation sites (tertiary alicyclic amines) is 1. The molecule has 10 nitrogen and oxygen atoms in total. The van der Waals surface area contributed by atoms with Gasteiger partial charge in [-0.25, -0.2) is 9.59 Å². The van der Waals surface area contributed by atoms with Gasteiger partial charge in [-0.2, -0.15) is 0 Å². The van der Waals surface area contributed by atoms with Gasteiger partial charge in [0.1, 0.15) is 6.10 Å². The number of benzene rings is 2. The third-order valence-electron chi connectivity index (χ3n) is 6.84. The Balaban J connectivity index is 0.000000631. The van der Waals surface area contributed by atoms with Gasteiger partial charge in [-0.3, -0.25) is 14.6 Å². The Morgan fingerprint density at radius 1 is 0.718 bits per heavy atom. The van der Waals surface area contributed by atoms with Crippen molar-refractivity contribution in [3.05, 3.63) is 71.8 Å². The minimum absolute atomic E-state index is 0.195. The number of piperazine rings is 1. The monoisotopic (exact) mass is 541 g/mol. The van der Waals surface area contributed by atoms with Crippen LogP contribution in [0.15, 0.2) is 60.7 Å². The number of hydrogen-bond donors (Lipinski definition) is 3. The molecule has 2 aliphatic heterocycles. The smallest absolute Gasteiger partial charge is 0.414 e. The number of aliphatic hydroxyl groups excluding tert-OH is 1. The van der Waals surface area contributed by atoms with Crippen LogP contribution in [0, 0.1) is 0 Å². The van der Waals surface area contributed by atoms with E-state index in [1.807, 2.05) is 41.3 Å². The molecule has 2 aromatic carbocycles. The summed E-state index contributed by atoms with van der Waals surface area (Å²) < 4.78 is 6.22. The molecule has 2 aliphatic rings. The van der Waals surface area contributed by atoms with Crippen molar-refractivity contribution in [2.45, 2.75) is 31.5 Å². The van der Waals surface area contributed by atoms with Gasteiger partial charge >= 0.3 is 11.9 Å². The lowest BCUT2D eigenvalue weighted by Gasteiger charge is -2.36. The quantitative estimate of drug-likeness (QED) is 0.408. The fourth-order valence-electron chi connectivity index (χ4n) is 4.76. The molecule has 0 saturated carbocycles. The van der Waals surface area contributed by atoms with Gasteiger partial charge in [0.15, 0.2) is 0 Å². The van der Waals surface area contributed by atoms with Gasteiger partial charge in [0.2, 0.25) is 5.91 Å². The molecule has 1 amide bonds. The summed E-state index contributed by atoms with van der Waals surface area (Å²) >= 11 is 0. The molecule has 2 fully saturated rings. The van der Waals surface area contributed by atoms with E-state index in [9.17, 15) is 9.90 Å². The molecule has 0 spiro atoms.